The fourth-order valence-electron chi connectivity index (χ4n) is 6.14. The predicted molar refractivity (Wildman–Crippen MR) is 170 cm³/mol. The van der Waals surface area contributed by atoms with Crippen LogP contribution in [0.2, 0.25) is 0 Å². The topological polar surface area (TPSA) is 143 Å². The van der Waals surface area contributed by atoms with E-state index in [1.807, 2.05) is 65.7 Å². The summed E-state index contributed by atoms with van der Waals surface area (Å²) >= 11 is 0. The van der Waals surface area contributed by atoms with Crippen molar-refractivity contribution in [3.8, 4) is 22.8 Å². The molecule has 2 aromatic carbocycles. The highest BCUT2D eigenvalue weighted by Crippen LogP contribution is 2.27. The lowest BCUT2D eigenvalue weighted by Crippen LogP contribution is -2.46. The molecule has 12 heteroatoms. The third-order valence-electron chi connectivity index (χ3n) is 8.46. The highest BCUT2D eigenvalue weighted by atomic mass is 16.2. The summed E-state index contributed by atoms with van der Waals surface area (Å²) in [7, 11) is 0. The molecular formula is C33H39N9O3. The third-order valence-corrected chi connectivity index (χ3v) is 8.46. The van der Waals surface area contributed by atoms with Crippen LogP contribution in [0, 0.1) is 0 Å². The molecule has 1 saturated heterocycles. The van der Waals surface area contributed by atoms with Crippen molar-refractivity contribution in [2.24, 2.45) is 5.73 Å². The zero-order valence-corrected chi connectivity index (χ0v) is 25.5. The number of primary amides is 1. The molecule has 4 aromatic rings. The van der Waals surface area contributed by atoms with Crippen molar-refractivity contribution in [3.63, 3.8) is 0 Å². The van der Waals surface area contributed by atoms with Crippen molar-refractivity contribution in [2.45, 2.75) is 52.4 Å². The molecule has 0 bridgehead atoms. The van der Waals surface area contributed by atoms with Gasteiger partial charge in [0.25, 0.3) is 11.8 Å². The number of hydrogen-bond donors (Lipinski definition) is 3. The molecule has 7 rings (SSSR count). The van der Waals surface area contributed by atoms with Crippen molar-refractivity contribution >= 4 is 17.7 Å². The Labute approximate surface area is 262 Å². The van der Waals surface area contributed by atoms with Crippen LogP contribution >= 0.6 is 0 Å². The smallest absolute Gasteiger partial charge is 0.286 e. The maximum absolute atomic E-state index is 13.0. The van der Waals surface area contributed by atoms with E-state index >= 15 is 0 Å². The highest BCUT2D eigenvalue weighted by Gasteiger charge is 2.30. The third kappa shape index (κ3) is 6.52. The monoisotopic (exact) mass is 609 g/mol. The van der Waals surface area contributed by atoms with Crippen LogP contribution in [0.1, 0.15) is 58.6 Å². The number of hydrogen-bond acceptors (Lipinski definition) is 7. The van der Waals surface area contributed by atoms with Gasteiger partial charge in [-0.05, 0) is 12.8 Å². The molecule has 2 aromatic heterocycles. The van der Waals surface area contributed by atoms with E-state index in [1.165, 1.54) is 6.42 Å². The number of nitrogens with one attached hydrogen (secondary N) is 2. The first-order valence-electron chi connectivity index (χ1n) is 15.5. The van der Waals surface area contributed by atoms with Crippen molar-refractivity contribution in [2.75, 3.05) is 26.2 Å². The molecular weight excluding hydrogens is 570 g/mol. The number of aromatic nitrogens is 4. The van der Waals surface area contributed by atoms with E-state index in [0.717, 1.165) is 73.2 Å². The molecule has 5 heterocycles. The molecule has 0 atom stereocenters. The van der Waals surface area contributed by atoms with Gasteiger partial charge in [-0.1, -0.05) is 67.1 Å². The molecule has 1 fully saturated rings. The number of nitrogens with zero attached hydrogens (tertiary/aromatic N) is 6. The normalized spacial score (nSPS) is 16.2. The molecule has 3 aliphatic heterocycles. The average molecular weight is 610 g/mol. The van der Waals surface area contributed by atoms with Crippen LogP contribution in [0.15, 0.2) is 60.7 Å². The van der Waals surface area contributed by atoms with Gasteiger partial charge in [0.1, 0.15) is 11.6 Å². The molecule has 4 N–H and O–H groups in total. The minimum Gasteiger partial charge on any atom is -0.364 e. The Bertz CT molecular complexity index is 1670. The van der Waals surface area contributed by atoms with E-state index in [0.29, 0.717) is 37.6 Å². The SMILES string of the molecule is CC(=O)N1CCn2c(-c3ccccc3)nc(C(=O)NN3CCCCC3)c2C1.NC(=O)c1nc(-c2ccccc2)n2c1CNCC2. The summed E-state index contributed by atoms with van der Waals surface area (Å²) in [6.07, 6.45) is 3.39. The number of nitrogens with two attached hydrogens (primary N) is 1. The molecule has 45 heavy (non-hydrogen) atoms. The standard InChI is InChI=1S/C20H25N5O2.C13H14N4O/c1-15(26)23-12-13-25-17(14-23)18(20(27)22-24-10-6-3-7-11-24)21-19(25)16-8-4-2-5-9-16;14-12(18)11-10-8-15-6-7-17(10)13(16-11)9-4-2-1-3-5-9/h2,4-5,8-9H,3,6-7,10-14H2,1H3,(H,22,27);1-5,15H,6-8H2,(H2,14,18). The summed E-state index contributed by atoms with van der Waals surface area (Å²) in [5.74, 6) is 0.975. The lowest BCUT2D eigenvalue weighted by molar-refractivity contribution is -0.130. The van der Waals surface area contributed by atoms with Crippen LogP contribution in [0.4, 0.5) is 0 Å². The van der Waals surface area contributed by atoms with Crippen LogP contribution in [0.5, 0.6) is 0 Å². The predicted octanol–water partition coefficient (Wildman–Crippen LogP) is 2.80. The Balaban J connectivity index is 0.000000172. The number of amides is 3. The number of benzene rings is 2. The number of carbonyl (C=O) groups is 3. The van der Waals surface area contributed by atoms with Gasteiger partial charge < -0.3 is 25.1 Å². The van der Waals surface area contributed by atoms with Gasteiger partial charge in [-0.2, -0.15) is 0 Å². The minimum atomic E-state index is -0.468. The second-order valence-electron chi connectivity index (χ2n) is 11.5. The number of carbonyl (C=O) groups excluding carboxylic acids is 3. The average Bonchev–Trinajstić information content (AvgIpc) is 3.66. The largest absolute Gasteiger partial charge is 0.364 e. The Morgan fingerprint density at radius 2 is 1.36 bits per heavy atom. The zero-order valence-electron chi connectivity index (χ0n) is 25.5. The fourth-order valence-corrected chi connectivity index (χ4v) is 6.14. The maximum Gasteiger partial charge on any atom is 0.286 e. The number of fused-ring (bicyclic) bond motifs is 2. The van der Waals surface area contributed by atoms with Gasteiger partial charge in [-0.15, -0.1) is 0 Å². The van der Waals surface area contributed by atoms with Gasteiger partial charge >= 0.3 is 0 Å². The van der Waals surface area contributed by atoms with Crippen molar-refractivity contribution < 1.29 is 14.4 Å². The fraction of sp³-hybridized carbons (Fsp3) is 0.364. The molecule has 234 valence electrons. The zero-order chi connectivity index (χ0) is 31.3. The van der Waals surface area contributed by atoms with E-state index in [1.54, 1.807) is 11.8 Å². The van der Waals surface area contributed by atoms with E-state index in [4.69, 9.17) is 10.7 Å². The molecule has 3 amide bonds. The van der Waals surface area contributed by atoms with Crippen molar-refractivity contribution in [3.05, 3.63) is 83.4 Å². The van der Waals surface area contributed by atoms with Gasteiger partial charge in [0.2, 0.25) is 5.91 Å². The molecule has 0 unspecified atom stereocenters. The van der Waals surface area contributed by atoms with Crippen LogP contribution in [0.3, 0.4) is 0 Å². The molecule has 0 saturated carbocycles. The van der Waals surface area contributed by atoms with E-state index in [-0.39, 0.29) is 11.8 Å². The van der Waals surface area contributed by atoms with Crippen LogP contribution in [-0.4, -0.2) is 72.9 Å². The first-order valence-corrected chi connectivity index (χ1v) is 15.5. The summed E-state index contributed by atoms with van der Waals surface area (Å²) in [4.78, 5) is 47.2. The Hall–Kier alpha value is -4.81. The van der Waals surface area contributed by atoms with Gasteiger partial charge in [0, 0.05) is 63.9 Å². The molecule has 0 radical (unpaired) electrons. The van der Waals surface area contributed by atoms with Crippen LogP contribution in [-0.2, 0) is 31.0 Å². The van der Waals surface area contributed by atoms with E-state index in [9.17, 15) is 14.4 Å². The van der Waals surface area contributed by atoms with Crippen LogP contribution < -0.4 is 16.5 Å². The van der Waals surface area contributed by atoms with E-state index < -0.39 is 5.91 Å². The van der Waals surface area contributed by atoms with E-state index in [2.05, 4.69) is 24.9 Å². The second-order valence-corrected chi connectivity index (χ2v) is 11.5. The highest BCUT2D eigenvalue weighted by molar-refractivity contribution is 5.94. The first-order chi connectivity index (χ1) is 21.9. The molecule has 12 nitrogen and oxygen atoms in total. The first kappa shape index (κ1) is 30.2. The van der Waals surface area contributed by atoms with Gasteiger partial charge in [0.05, 0.1) is 17.9 Å². The summed E-state index contributed by atoms with van der Waals surface area (Å²) in [5.41, 5.74) is 12.9. The lowest BCUT2D eigenvalue weighted by Gasteiger charge is -2.29. The summed E-state index contributed by atoms with van der Waals surface area (Å²) in [5, 5.41) is 5.21. The van der Waals surface area contributed by atoms with Gasteiger partial charge in [-0.25, -0.2) is 15.0 Å². The number of rotatable bonds is 5. The van der Waals surface area contributed by atoms with Crippen molar-refractivity contribution in [1.82, 2.24) is 39.8 Å². The van der Waals surface area contributed by atoms with Gasteiger partial charge in [0.15, 0.2) is 11.4 Å². The lowest BCUT2D eigenvalue weighted by atomic mass is 10.2. The Kier molecular flexibility index (Phi) is 9.03. The summed E-state index contributed by atoms with van der Waals surface area (Å²) in [6.45, 7) is 7.31. The Morgan fingerprint density at radius 3 is 1.96 bits per heavy atom. The number of piperidine rings is 1. The number of hydrazine groups is 1. The van der Waals surface area contributed by atoms with Gasteiger partial charge in [-0.3, -0.25) is 19.8 Å². The minimum absolute atomic E-state index is 0.0195. The molecule has 0 aliphatic carbocycles. The Morgan fingerprint density at radius 1 is 0.756 bits per heavy atom. The quantitative estimate of drug-likeness (QED) is 0.316. The van der Waals surface area contributed by atoms with Crippen molar-refractivity contribution in [1.29, 1.82) is 0 Å². The maximum atomic E-state index is 13.0. The second kappa shape index (κ2) is 13.4. The molecule has 3 aliphatic rings. The summed E-state index contributed by atoms with van der Waals surface area (Å²) < 4.78 is 4.16. The molecule has 0 spiro atoms. The van der Waals surface area contributed by atoms with Crippen LogP contribution in [0.25, 0.3) is 22.8 Å². The number of imidazole rings is 2. The summed E-state index contributed by atoms with van der Waals surface area (Å²) in [6, 6.07) is 19.8.